The van der Waals surface area contributed by atoms with Gasteiger partial charge in [0.2, 0.25) is 5.88 Å². The fourth-order valence-corrected chi connectivity index (χ4v) is 4.67. The van der Waals surface area contributed by atoms with Crippen molar-refractivity contribution in [3.05, 3.63) is 118 Å². The van der Waals surface area contributed by atoms with Crippen molar-refractivity contribution in [3.8, 4) is 40.6 Å². The van der Waals surface area contributed by atoms with E-state index in [0.717, 1.165) is 11.1 Å². The summed E-state index contributed by atoms with van der Waals surface area (Å²) in [4.78, 5) is 12.5. The van der Waals surface area contributed by atoms with Crippen LogP contribution in [-0.2, 0) is 11.4 Å². The van der Waals surface area contributed by atoms with E-state index in [0.29, 0.717) is 45.9 Å². The molecule has 0 radical (unpaired) electrons. The molecule has 5 rings (SSSR count). The first kappa shape index (κ1) is 29.2. The number of fused-ring (bicyclic) bond motifs is 1. The SMILES string of the molecule is COc1ccc(OCC(=O)Oc2ccc3c(c2)OC(N)=C(C#N)C3c2ccc(OCc3ccc(Cl)cc3)c(OC)c2)cc1. The highest BCUT2D eigenvalue weighted by Gasteiger charge is 2.32. The molecule has 1 heterocycles. The Balaban J connectivity index is 1.33. The summed E-state index contributed by atoms with van der Waals surface area (Å²) in [6.45, 7) is 0.00958. The van der Waals surface area contributed by atoms with E-state index >= 15 is 0 Å². The molecule has 9 nitrogen and oxygen atoms in total. The number of nitrogens with zero attached hydrogens (tertiary/aromatic N) is 1. The van der Waals surface area contributed by atoms with Crippen LogP contribution in [0, 0.1) is 11.3 Å². The van der Waals surface area contributed by atoms with Gasteiger partial charge in [-0.25, -0.2) is 4.79 Å². The summed E-state index contributed by atoms with van der Waals surface area (Å²) in [7, 11) is 3.11. The molecule has 0 aromatic heterocycles. The number of hydrogen-bond acceptors (Lipinski definition) is 9. The molecule has 0 aliphatic carbocycles. The van der Waals surface area contributed by atoms with Crippen LogP contribution in [0.15, 0.2) is 96.4 Å². The van der Waals surface area contributed by atoms with Gasteiger partial charge in [0, 0.05) is 16.7 Å². The maximum absolute atomic E-state index is 12.5. The van der Waals surface area contributed by atoms with E-state index in [1.54, 1.807) is 80.9 Å². The van der Waals surface area contributed by atoms with Crippen molar-refractivity contribution in [1.29, 1.82) is 5.26 Å². The Morgan fingerprint density at radius 3 is 2.30 bits per heavy atom. The number of carbonyl (C=O) groups is 1. The van der Waals surface area contributed by atoms with Gasteiger partial charge < -0.3 is 34.2 Å². The van der Waals surface area contributed by atoms with Crippen LogP contribution in [0.5, 0.6) is 34.5 Å². The molecule has 43 heavy (non-hydrogen) atoms. The lowest BCUT2D eigenvalue weighted by Crippen LogP contribution is -2.21. The Morgan fingerprint density at radius 1 is 0.884 bits per heavy atom. The number of nitriles is 1. The molecule has 0 amide bonds. The summed E-state index contributed by atoms with van der Waals surface area (Å²) >= 11 is 5.97. The van der Waals surface area contributed by atoms with Gasteiger partial charge in [-0.3, -0.25) is 0 Å². The van der Waals surface area contributed by atoms with Gasteiger partial charge in [-0.2, -0.15) is 5.26 Å². The van der Waals surface area contributed by atoms with E-state index in [1.807, 2.05) is 18.2 Å². The van der Waals surface area contributed by atoms with Gasteiger partial charge in [0.05, 0.1) is 20.1 Å². The maximum atomic E-state index is 12.5. The quantitative estimate of drug-likeness (QED) is 0.169. The van der Waals surface area contributed by atoms with Crippen LogP contribution in [0.1, 0.15) is 22.6 Å². The molecule has 2 N–H and O–H groups in total. The van der Waals surface area contributed by atoms with Gasteiger partial charge in [0.1, 0.15) is 41.2 Å². The van der Waals surface area contributed by atoms with Gasteiger partial charge in [0.15, 0.2) is 18.1 Å². The van der Waals surface area contributed by atoms with Crippen molar-refractivity contribution in [3.63, 3.8) is 0 Å². The van der Waals surface area contributed by atoms with E-state index in [4.69, 9.17) is 45.8 Å². The molecule has 0 fully saturated rings. The highest BCUT2D eigenvalue weighted by molar-refractivity contribution is 6.30. The molecule has 0 bridgehead atoms. The third-order valence-electron chi connectivity index (χ3n) is 6.67. The second-order valence-corrected chi connectivity index (χ2v) is 9.82. The Morgan fingerprint density at radius 2 is 1.60 bits per heavy atom. The first-order valence-electron chi connectivity index (χ1n) is 13.1. The van der Waals surface area contributed by atoms with Crippen LogP contribution in [0.2, 0.25) is 5.02 Å². The lowest BCUT2D eigenvalue weighted by Gasteiger charge is -2.27. The fourth-order valence-electron chi connectivity index (χ4n) is 4.54. The molecular weight excluding hydrogens is 572 g/mol. The minimum absolute atomic E-state index is 0.0478. The van der Waals surface area contributed by atoms with Crippen LogP contribution in [0.3, 0.4) is 0 Å². The second kappa shape index (κ2) is 13.1. The number of halogens is 1. The van der Waals surface area contributed by atoms with Crippen molar-refractivity contribution < 1.29 is 33.2 Å². The number of esters is 1. The number of hydrogen-bond donors (Lipinski definition) is 1. The van der Waals surface area contributed by atoms with Gasteiger partial charge in [0.25, 0.3) is 0 Å². The molecule has 1 unspecified atom stereocenters. The highest BCUT2D eigenvalue weighted by Crippen LogP contribution is 2.45. The van der Waals surface area contributed by atoms with E-state index in [2.05, 4.69) is 6.07 Å². The zero-order chi connectivity index (χ0) is 30.3. The fraction of sp³-hybridized carbons (Fsp3) is 0.152. The van der Waals surface area contributed by atoms with Crippen molar-refractivity contribution in [2.24, 2.45) is 5.73 Å². The number of rotatable bonds is 10. The van der Waals surface area contributed by atoms with E-state index in [9.17, 15) is 10.1 Å². The number of nitrogens with two attached hydrogens (primary N) is 1. The molecule has 0 saturated heterocycles. The minimum Gasteiger partial charge on any atom is -0.497 e. The number of ether oxygens (including phenoxy) is 6. The second-order valence-electron chi connectivity index (χ2n) is 9.39. The van der Waals surface area contributed by atoms with Gasteiger partial charge in [-0.05, 0) is 65.7 Å². The topological polar surface area (TPSA) is 122 Å². The summed E-state index contributed by atoms with van der Waals surface area (Å²) in [5.74, 6) is 1.55. The zero-order valence-electron chi connectivity index (χ0n) is 23.3. The molecule has 4 aromatic carbocycles. The predicted molar refractivity (Wildman–Crippen MR) is 159 cm³/mol. The summed E-state index contributed by atoms with van der Waals surface area (Å²) in [5, 5.41) is 10.6. The molecular formula is C33H27ClN2O7. The van der Waals surface area contributed by atoms with Crippen LogP contribution < -0.4 is 34.2 Å². The van der Waals surface area contributed by atoms with Gasteiger partial charge in [-0.1, -0.05) is 35.9 Å². The average Bonchev–Trinajstić information content (AvgIpc) is 3.03. The lowest BCUT2D eigenvalue weighted by molar-refractivity contribution is -0.136. The monoisotopic (exact) mass is 598 g/mol. The first-order valence-corrected chi connectivity index (χ1v) is 13.5. The van der Waals surface area contributed by atoms with Crippen molar-refractivity contribution >= 4 is 17.6 Å². The average molecular weight is 599 g/mol. The Kier molecular flexibility index (Phi) is 8.89. The number of allylic oxidation sites excluding steroid dienone is 1. The van der Waals surface area contributed by atoms with E-state index < -0.39 is 11.9 Å². The smallest absolute Gasteiger partial charge is 0.349 e. The summed E-state index contributed by atoms with van der Waals surface area (Å²) < 4.78 is 33.5. The lowest BCUT2D eigenvalue weighted by atomic mass is 9.83. The zero-order valence-corrected chi connectivity index (χ0v) is 24.1. The van der Waals surface area contributed by atoms with Crippen molar-refractivity contribution in [2.45, 2.75) is 12.5 Å². The Hall–Kier alpha value is -5.33. The maximum Gasteiger partial charge on any atom is 0.349 e. The largest absolute Gasteiger partial charge is 0.497 e. The third-order valence-corrected chi connectivity index (χ3v) is 6.92. The van der Waals surface area contributed by atoms with Gasteiger partial charge >= 0.3 is 5.97 Å². The predicted octanol–water partition coefficient (Wildman–Crippen LogP) is 6.14. The van der Waals surface area contributed by atoms with E-state index in [-0.39, 0.29) is 23.8 Å². The summed E-state index contributed by atoms with van der Waals surface area (Å²) in [6, 6.07) is 26.7. The molecule has 0 saturated carbocycles. The standard InChI is InChI=1S/C33H27ClN2O7/c1-38-23-8-10-24(11-9-23)40-19-31(37)42-25-12-13-26-29(16-25)43-33(36)27(17-35)32(26)21-5-14-28(30(15-21)39-2)41-18-20-3-6-22(34)7-4-20/h3-16,32H,18-19,36H2,1-2H3. The number of methoxy groups -OCH3 is 2. The molecule has 1 aliphatic heterocycles. The van der Waals surface area contributed by atoms with Crippen molar-refractivity contribution in [2.75, 3.05) is 20.8 Å². The van der Waals surface area contributed by atoms with Crippen LogP contribution in [0.25, 0.3) is 0 Å². The van der Waals surface area contributed by atoms with E-state index in [1.165, 1.54) is 0 Å². The molecule has 10 heteroatoms. The molecule has 1 aliphatic rings. The van der Waals surface area contributed by atoms with Crippen LogP contribution in [0.4, 0.5) is 0 Å². The molecule has 218 valence electrons. The minimum atomic E-state index is -0.608. The summed E-state index contributed by atoms with van der Waals surface area (Å²) in [6.07, 6.45) is 0. The van der Waals surface area contributed by atoms with Gasteiger partial charge in [-0.15, -0.1) is 0 Å². The highest BCUT2D eigenvalue weighted by atomic mass is 35.5. The Bertz CT molecular complexity index is 1700. The normalized spacial score (nSPS) is 13.7. The first-order chi connectivity index (χ1) is 20.9. The number of benzene rings is 4. The molecule has 4 aromatic rings. The number of carbonyl (C=O) groups excluding carboxylic acids is 1. The van der Waals surface area contributed by atoms with Crippen molar-refractivity contribution in [1.82, 2.24) is 0 Å². The molecule has 0 spiro atoms. The van der Waals surface area contributed by atoms with Crippen LogP contribution in [-0.4, -0.2) is 26.8 Å². The third kappa shape index (κ3) is 6.77. The summed E-state index contributed by atoms with van der Waals surface area (Å²) in [5.41, 5.74) is 8.75. The molecule has 1 atom stereocenters. The Labute approximate surface area is 253 Å². The van der Waals surface area contributed by atoms with Crippen LogP contribution >= 0.6 is 11.6 Å².